The fraction of sp³-hybridized carbons (Fsp3) is 0.188. The normalized spacial score (nSPS) is 15.3. The number of para-hydroxylation sites is 2. The van der Waals surface area contributed by atoms with Crippen LogP contribution in [0.5, 0.6) is 0 Å². The summed E-state index contributed by atoms with van der Waals surface area (Å²) in [5, 5.41) is 0. The van der Waals surface area contributed by atoms with Gasteiger partial charge in [0.1, 0.15) is 0 Å². The summed E-state index contributed by atoms with van der Waals surface area (Å²) in [6, 6.07) is 27.9. The molecule has 5 rings (SSSR count). The maximum atomic E-state index is 4.56. The zero-order chi connectivity index (χ0) is 23.4. The van der Waals surface area contributed by atoms with Crippen molar-refractivity contribution in [3.63, 3.8) is 0 Å². The highest BCUT2D eigenvalue weighted by Gasteiger charge is 2.31. The van der Waals surface area contributed by atoms with E-state index in [2.05, 4.69) is 116 Å². The van der Waals surface area contributed by atoms with E-state index in [9.17, 15) is 0 Å². The van der Waals surface area contributed by atoms with E-state index >= 15 is 0 Å². The molecule has 2 aliphatic rings. The maximum Gasteiger partial charge on any atom is 0.0537 e. The van der Waals surface area contributed by atoms with E-state index in [0.29, 0.717) is 0 Å². The number of hydrogen-bond acceptors (Lipinski definition) is 1. The van der Waals surface area contributed by atoms with Crippen LogP contribution in [-0.4, -0.2) is 0 Å². The lowest BCUT2D eigenvalue weighted by atomic mass is 9.81. The van der Waals surface area contributed by atoms with Crippen LogP contribution in [0.25, 0.3) is 11.1 Å². The van der Waals surface area contributed by atoms with Crippen LogP contribution in [0.3, 0.4) is 0 Å². The molecule has 0 fully saturated rings. The minimum Gasteiger partial charge on any atom is -0.313 e. The van der Waals surface area contributed by atoms with Crippen LogP contribution in [0, 0.1) is 6.92 Å². The lowest BCUT2D eigenvalue weighted by Gasteiger charge is -2.38. The van der Waals surface area contributed by atoms with Crippen LogP contribution < -0.4 is 4.90 Å². The molecule has 166 valence electrons. The van der Waals surface area contributed by atoms with Crippen molar-refractivity contribution in [2.24, 2.45) is 0 Å². The van der Waals surface area contributed by atoms with Crippen molar-refractivity contribution >= 4 is 22.5 Å². The van der Waals surface area contributed by atoms with Crippen molar-refractivity contribution in [2.45, 2.75) is 40.5 Å². The van der Waals surface area contributed by atoms with Crippen LogP contribution in [0.4, 0.5) is 11.4 Å². The van der Waals surface area contributed by atoms with Crippen LogP contribution in [0.15, 0.2) is 114 Å². The first-order chi connectivity index (χ1) is 16.1. The van der Waals surface area contributed by atoms with E-state index in [1.54, 1.807) is 0 Å². The molecule has 0 saturated heterocycles. The van der Waals surface area contributed by atoms with Crippen molar-refractivity contribution in [1.82, 2.24) is 0 Å². The summed E-state index contributed by atoms with van der Waals surface area (Å²) in [7, 11) is 0. The smallest absolute Gasteiger partial charge is 0.0537 e. The molecule has 0 radical (unpaired) electrons. The molecule has 1 nitrogen and oxygen atoms in total. The predicted molar refractivity (Wildman–Crippen MR) is 145 cm³/mol. The van der Waals surface area contributed by atoms with Gasteiger partial charge in [0.25, 0.3) is 0 Å². The number of aryl methyl sites for hydroxylation is 1. The number of anilines is 2. The molecule has 3 aromatic carbocycles. The number of fused-ring (bicyclic) bond motifs is 1. The summed E-state index contributed by atoms with van der Waals surface area (Å²) in [6.45, 7) is 13.0. The number of benzene rings is 3. The van der Waals surface area contributed by atoms with Crippen molar-refractivity contribution in [2.75, 3.05) is 4.90 Å². The number of allylic oxidation sites excluding steroid dienone is 7. The monoisotopic (exact) mass is 431 g/mol. The van der Waals surface area contributed by atoms with E-state index in [1.165, 1.54) is 50.5 Å². The summed E-state index contributed by atoms with van der Waals surface area (Å²) in [5.74, 6) is 0. The minimum atomic E-state index is 1.01. The van der Waals surface area contributed by atoms with E-state index in [4.69, 9.17) is 0 Å². The third kappa shape index (κ3) is 4.24. The molecular formula is C32H33N. The van der Waals surface area contributed by atoms with Gasteiger partial charge in [-0.15, -0.1) is 0 Å². The highest BCUT2D eigenvalue weighted by atomic mass is 15.2. The second-order valence-electron chi connectivity index (χ2n) is 8.33. The highest BCUT2D eigenvalue weighted by Crippen LogP contribution is 2.49. The summed E-state index contributed by atoms with van der Waals surface area (Å²) >= 11 is 0. The van der Waals surface area contributed by atoms with Crippen molar-refractivity contribution in [3.05, 3.63) is 131 Å². The molecule has 0 N–H and O–H groups in total. The Labute approximate surface area is 199 Å². The fourth-order valence-electron chi connectivity index (χ4n) is 4.86. The van der Waals surface area contributed by atoms with Crippen LogP contribution >= 0.6 is 0 Å². The largest absolute Gasteiger partial charge is 0.313 e. The van der Waals surface area contributed by atoms with E-state index in [0.717, 1.165) is 18.4 Å². The third-order valence-electron chi connectivity index (χ3n) is 6.32. The molecule has 0 unspecified atom stereocenters. The minimum absolute atomic E-state index is 1.01. The van der Waals surface area contributed by atoms with Gasteiger partial charge < -0.3 is 4.90 Å². The first-order valence-corrected chi connectivity index (χ1v) is 12.0. The third-order valence-corrected chi connectivity index (χ3v) is 6.32. The Morgan fingerprint density at radius 3 is 2.30 bits per heavy atom. The van der Waals surface area contributed by atoms with Gasteiger partial charge in [-0.05, 0) is 72.7 Å². The molecule has 0 spiro atoms. The average molecular weight is 432 g/mol. The molecule has 0 aromatic heterocycles. The number of nitrogens with zero attached hydrogens (tertiary/aromatic N) is 1. The topological polar surface area (TPSA) is 3.24 Å². The van der Waals surface area contributed by atoms with E-state index in [1.807, 2.05) is 13.8 Å². The summed E-state index contributed by atoms with van der Waals surface area (Å²) in [4.78, 5) is 2.43. The molecule has 1 aliphatic heterocycles. The van der Waals surface area contributed by atoms with Gasteiger partial charge in [0.15, 0.2) is 0 Å². The molecule has 0 amide bonds. The number of rotatable bonds is 3. The van der Waals surface area contributed by atoms with Crippen LogP contribution in [0.2, 0.25) is 0 Å². The molecule has 3 aromatic rings. The van der Waals surface area contributed by atoms with Gasteiger partial charge in [-0.1, -0.05) is 93.2 Å². The van der Waals surface area contributed by atoms with Gasteiger partial charge in [0, 0.05) is 22.5 Å². The molecule has 0 saturated carbocycles. The Balaban J connectivity index is 0.00000126. The first kappa shape index (κ1) is 22.6. The second kappa shape index (κ2) is 9.92. The molecule has 1 heteroatoms. The van der Waals surface area contributed by atoms with Crippen molar-refractivity contribution < 1.29 is 0 Å². The summed E-state index contributed by atoms with van der Waals surface area (Å²) < 4.78 is 0. The van der Waals surface area contributed by atoms with Crippen LogP contribution in [0.1, 0.15) is 50.3 Å². The molecule has 33 heavy (non-hydrogen) atoms. The Bertz CT molecular complexity index is 1250. The Morgan fingerprint density at radius 1 is 0.879 bits per heavy atom. The maximum absolute atomic E-state index is 4.56. The summed E-state index contributed by atoms with van der Waals surface area (Å²) in [6.07, 6.45) is 6.77. The van der Waals surface area contributed by atoms with Gasteiger partial charge in [0.2, 0.25) is 0 Å². The second-order valence-corrected chi connectivity index (χ2v) is 8.33. The van der Waals surface area contributed by atoms with Crippen molar-refractivity contribution in [3.8, 4) is 0 Å². The highest BCUT2D eigenvalue weighted by molar-refractivity contribution is 5.97. The predicted octanol–water partition coefficient (Wildman–Crippen LogP) is 9.26. The van der Waals surface area contributed by atoms with E-state index < -0.39 is 0 Å². The van der Waals surface area contributed by atoms with Gasteiger partial charge in [0.05, 0.1) is 5.69 Å². The number of hydrogen-bond donors (Lipinski definition) is 0. The van der Waals surface area contributed by atoms with Crippen molar-refractivity contribution in [1.29, 1.82) is 0 Å². The Morgan fingerprint density at radius 2 is 1.55 bits per heavy atom. The SMILES string of the molecule is C=C1C2=C(CCC=C2/C=C(\C)c2ccccc2C)N(c2ccccc2)c2ccccc21.CC. The van der Waals surface area contributed by atoms with Gasteiger partial charge in [-0.25, -0.2) is 0 Å². The fourth-order valence-corrected chi connectivity index (χ4v) is 4.86. The Kier molecular flexibility index (Phi) is 6.79. The molecule has 1 aliphatic carbocycles. The quantitative estimate of drug-likeness (QED) is 0.399. The standard InChI is InChI=1S/C30H27N.C2H6/c1-21-12-7-8-16-26(21)22(2)20-24-13-11-19-29-30(24)23(3)27-17-9-10-18-28(27)31(29)25-14-5-4-6-15-25;1-2/h4-10,12-18,20H,3,11,19H2,1-2H3;1-2H3/b22-20+;. The lowest BCUT2D eigenvalue weighted by molar-refractivity contribution is 0.890. The zero-order valence-electron chi connectivity index (χ0n) is 20.2. The molecule has 0 atom stereocenters. The zero-order valence-corrected chi connectivity index (χ0v) is 20.2. The summed E-state index contributed by atoms with van der Waals surface area (Å²) in [5.41, 5.74) is 12.6. The van der Waals surface area contributed by atoms with Gasteiger partial charge in [-0.3, -0.25) is 0 Å². The lowest BCUT2D eigenvalue weighted by Crippen LogP contribution is -2.25. The van der Waals surface area contributed by atoms with Gasteiger partial charge in [-0.2, -0.15) is 0 Å². The van der Waals surface area contributed by atoms with Crippen LogP contribution in [-0.2, 0) is 0 Å². The molecule has 1 heterocycles. The first-order valence-electron chi connectivity index (χ1n) is 12.0. The Hall–Kier alpha value is -3.58. The average Bonchev–Trinajstić information content (AvgIpc) is 2.86. The molecular weight excluding hydrogens is 398 g/mol. The molecule has 0 bridgehead atoms. The van der Waals surface area contributed by atoms with E-state index in [-0.39, 0.29) is 0 Å². The van der Waals surface area contributed by atoms with Gasteiger partial charge >= 0.3 is 0 Å².